The predicted molar refractivity (Wildman–Crippen MR) is 87.7 cm³/mol. The van der Waals surface area contributed by atoms with Crippen LogP contribution in [0.2, 0.25) is 5.02 Å². The van der Waals surface area contributed by atoms with Crippen molar-refractivity contribution in [2.75, 3.05) is 5.32 Å². The number of benzene rings is 1. The number of halogens is 1. The minimum absolute atomic E-state index is 0.153. The lowest BCUT2D eigenvalue weighted by Gasteiger charge is -2.05. The van der Waals surface area contributed by atoms with Gasteiger partial charge in [0.25, 0.3) is 5.91 Å². The Labute approximate surface area is 135 Å². The third-order valence-electron chi connectivity index (χ3n) is 2.93. The van der Waals surface area contributed by atoms with E-state index in [1.54, 1.807) is 30.5 Å². The Morgan fingerprint density at radius 2 is 2.30 bits per heavy atom. The topological polar surface area (TPSA) is 125 Å². The minimum Gasteiger partial charge on any atom is -0.365 e. The first-order chi connectivity index (χ1) is 11.1. The number of carbonyl (C=O) groups excluding carboxylic acids is 1. The van der Waals surface area contributed by atoms with E-state index in [-0.39, 0.29) is 11.4 Å². The maximum atomic E-state index is 11.7. The van der Waals surface area contributed by atoms with E-state index >= 15 is 0 Å². The summed E-state index contributed by atoms with van der Waals surface area (Å²) in [6.45, 7) is 0. The van der Waals surface area contributed by atoms with Crippen molar-refractivity contribution in [2.24, 2.45) is 10.7 Å². The third-order valence-corrected chi connectivity index (χ3v) is 3.17. The number of nitrogens with one attached hydrogen (secondary N) is 3. The van der Waals surface area contributed by atoms with Crippen molar-refractivity contribution >= 4 is 41.0 Å². The molecule has 3 aromatic rings. The van der Waals surface area contributed by atoms with E-state index in [4.69, 9.17) is 17.3 Å². The zero-order valence-electron chi connectivity index (χ0n) is 11.7. The van der Waals surface area contributed by atoms with Crippen molar-refractivity contribution in [1.29, 1.82) is 0 Å². The number of carbonyl (C=O) groups is 1. The second kappa shape index (κ2) is 6.32. The van der Waals surface area contributed by atoms with Gasteiger partial charge in [-0.1, -0.05) is 17.7 Å². The zero-order chi connectivity index (χ0) is 16.2. The number of rotatable bonds is 5. The molecule has 0 aliphatic heterocycles. The first-order valence-corrected chi connectivity index (χ1v) is 6.94. The number of nitrogens with zero attached hydrogens (tertiary/aromatic N) is 3. The summed E-state index contributed by atoms with van der Waals surface area (Å²) >= 11 is 5.94. The Balaban J connectivity index is 1.91. The smallest absolute Gasteiger partial charge is 0.256 e. The molecule has 23 heavy (non-hydrogen) atoms. The van der Waals surface area contributed by atoms with E-state index in [2.05, 4.69) is 30.5 Å². The Bertz CT molecular complexity index is 854. The van der Waals surface area contributed by atoms with Gasteiger partial charge >= 0.3 is 0 Å². The molecular formula is C14H12ClN7O. The Hall–Kier alpha value is -3.13. The fourth-order valence-corrected chi connectivity index (χ4v) is 2.12. The number of nitrogens with two attached hydrogens (primary N) is 1. The van der Waals surface area contributed by atoms with Crippen LogP contribution in [0.4, 0.5) is 17.3 Å². The van der Waals surface area contributed by atoms with Crippen LogP contribution in [-0.2, 0) is 0 Å². The number of hydrogen-bond acceptors (Lipinski definition) is 5. The van der Waals surface area contributed by atoms with Gasteiger partial charge in [0, 0.05) is 10.7 Å². The van der Waals surface area contributed by atoms with Crippen molar-refractivity contribution in [1.82, 2.24) is 20.2 Å². The fourth-order valence-electron chi connectivity index (χ4n) is 1.93. The van der Waals surface area contributed by atoms with Crippen LogP contribution in [0, 0.1) is 0 Å². The molecule has 9 heteroatoms. The molecule has 0 spiro atoms. The molecular weight excluding hydrogens is 318 g/mol. The average Bonchev–Trinajstić information content (AvgIpc) is 3.14. The van der Waals surface area contributed by atoms with Gasteiger partial charge in [-0.3, -0.25) is 9.89 Å². The molecule has 0 aliphatic carbocycles. The van der Waals surface area contributed by atoms with Crippen LogP contribution in [0.1, 0.15) is 16.1 Å². The van der Waals surface area contributed by atoms with Gasteiger partial charge < -0.3 is 16.0 Å². The van der Waals surface area contributed by atoms with E-state index < -0.39 is 5.91 Å². The molecule has 0 bridgehead atoms. The van der Waals surface area contributed by atoms with Crippen LogP contribution in [0.15, 0.2) is 41.8 Å². The highest BCUT2D eigenvalue weighted by molar-refractivity contribution is 6.30. The van der Waals surface area contributed by atoms with Crippen molar-refractivity contribution in [3.05, 3.63) is 53.1 Å². The molecule has 8 nitrogen and oxygen atoms in total. The summed E-state index contributed by atoms with van der Waals surface area (Å²) in [6.07, 6.45) is 4.61. The van der Waals surface area contributed by atoms with Crippen LogP contribution in [0.5, 0.6) is 0 Å². The average molecular weight is 330 g/mol. The summed E-state index contributed by atoms with van der Waals surface area (Å²) in [7, 11) is 0. The van der Waals surface area contributed by atoms with Crippen molar-refractivity contribution < 1.29 is 4.79 Å². The van der Waals surface area contributed by atoms with Crippen LogP contribution in [-0.4, -0.2) is 32.3 Å². The molecule has 0 unspecified atom stereocenters. The number of primary amides is 1. The summed E-state index contributed by atoms with van der Waals surface area (Å²) < 4.78 is 0. The number of hydrogen-bond donors (Lipinski definition) is 4. The zero-order valence-corrected chi connectivity index (χ0v) is 12.5. The molecule has 0 saturated heterocycles. The number of amides is 1. The molecule has 0 radical (unpaired) electrons. The van der Waals surface area contributed by atoms with Crippen LogP contribution >= 0.6 is 11.6 Å². The lowest BCUT2D eigenvalue weighted by atomic mass is 10.2. The molecule has 0 fully saturated rings. The summed E-state index contributed by atoms with van der Waals surface area (Å²) in [5, 5.41) is 10.3. The second-order valence-corrected chi connectivity index (χ2v) is 5.00. The van der Waals surface area contributed by atoms with Gasteiger partial charge in [0.1, 0.15) is 11.4 Å². The molecule has 0 aliphatic rings. The van der Waals surface area contributed by atoms with Gasteiger partial charge in [0.15, 0.2) is 5.82 Å². The van der Waals surface area contributed by atoms with Gasteiger partial charge in [0.2, 0.25) is 0 Å². The first-order valence-electron chi connectivity index (χ1n) is 6.56. The van der Waals surface area contributed by atoms with Crippen molar-refractivity contribution in [3.8, 4) is 0 Å². The normalized spacial score (nSPS) is 11.0. The van der Waals surface area contributed by atoms with Crippen LogP contribution in [0.3, 0.4) is 0 Å². The molecule has 0 atom stereocenters. The van der Waals surface area contributed by atoms with E-state index in [0.29, 0.717) is 22.2 Å². The van der Waals surface area contributed by atoms with Gasteiger partial charge in [-0.2, -0.15) is 5.10 Å². The number of aliphatic imine (C=N–C) groups is 1. The quantitative estimate of drug-likeness (QED) is 0.536. The number of anilines is 2. The predicted octanol–water partition coefficient (Wildman–Crippen LogP) is 2.38. The maximum Gasteiger partial charge on any atom is 0.256 e. The third kappa shape index (κ3) is 3.38. The largest absolute Gasteiger partial charge is 0.365 e. The Kier molecular flexibility index (Phi) is 4.07. The summed E-state index contributed by atoms with van der Waals surface area (Å²) in [6, 6.07) is 7.03. The number of imidazole rings is 1. The molecule has 1 amide bonds. The van der Waals surface area contributed by atoms with Crippen molar-refractivity contribution in [3.63, 3.8) is 0 Å². The molecule has 2 heterocycles. The summed E-state index contributed by atoms with van der Waals surface area (Å²) in [5.41, 5.74) is 6.95. The SMILES string of the molecule is NC(=O)c1c(N=Cc2cnc[nH]2)n[nH]c1Nc1cccc(Cl)c1. The fraction of sp³-hybridized carbons (Fsp3) is 0. The summed E-state index contributed by atoms with van der Waals surface area (Å²) in [4.78, 5) is 22.6. The standard InChI is InChI=1S/C14H12ClN7O/c15-8-2-1-3-9(4-8)20-14-11(12(16)23)13(21-22-14)18-6-10-5-17-7-19-10/h1-7H,(H2,16,23)(H,17,19)(H2,20,21,22). The van der Waals surface area contributed by atoms with E-state index in [1.165, 1.54) is 12.5 Å². The second-order valence-electron chi connectivity index (χ2n) is 4.56. The van der Waals surface area contributed by atoms with Gasteiger partial charge in [-0.05, 0) is 18.2 Å². The van der Waals surface area contributed by atoms with Crippen molar-refractivity contribution in [2.45, 2.75) is 0 Å². The molecule has 3 rings (SSSR count). The van der Waals surface area contributed by atoms with E-state index in [0.717, 1.165) is 0 Å². The maximum absolute atomic E-state index is 11.7. The minimum atomic E-state index is -0.653. The number of H-pyrrole nitrogens is 2. The number of aromatic amines is 2. The van der Waals surface area contributed by atoms with Crippen LogP contribution in [0.25, 0.3) is 0 Å². The Morgan fingerprint density at radius 1 is 1.43 bits per heavy atom. The number of aromatic nitrogens is 4. The van der Waals surface area contributed by atoms with Gasteiger partial charge in [0.05, 0.1) is 24.4 Å². The lowest BCUT2D eigenvalue weighted by molar-refractivity contribution is 0.100. The van der Waals surface area contributed by atoms with Crippen LogP contribution < -0.4 is 11.1 Å². The highest BCUT2D eigenvalue weighted by Gasteiger charge is 2.18. The highest BCUT2D eigenvalue weighted by Crippen LogP contribution is 2.27. The summed E-state index contributed by atoms with van der Waals surface area (Å²) in [5.74, 6) is -0.131. The molecule has 1 aromatic carbocycles. The molecule has 116 valence electrons. The molecule has 2 aromatic heterocycles. The monoisotopic (exact) mass is 329 g/mol. The van der Waals surface area contributed by atoms with Gasteiger partial charge in [-0.25, -0.2) is 9.98 Å². The van der Waals surface area contributed by atoms with E-state index in [1.807, 2.05) is 0 Å². The first kappa shape index (κ1) is 14.8. The Morgan fingerprint density at radius 3 is 3.00 bits per heavy atom. The van der Waals surface area contributed by atoms with Gasteiger partial charge in [-0.15, -0.1) is 0 Å². The van der Waals surface area contributed by atoms with E-state index in [9.17, 15) is 4.79 Å². The molecule has 5 N–H and O–H groups in total. The lowest BCUT2D eigenvalue weighted by Crippen LogP contribution is -2.12. The molecule has 0 saturated carbocycles. The highest BCUT2D eigenvalue weighted by atomic mass is 35.5.